The van der Waals surface area contributed by atoms with Crippen LogP contribution in [0.3, 0.4) is 0 Å². The first-order chi connectivity index (χ1) is 9.72. The normalized spacial score (nSPS) is 11.8. The molecule has 1 aromatic carbocycles. The summed E-state index contributed by atoms with van der Waals surface area (Å²) in [4.78, 5) is 34.6. The highest BCUT2D eigenvalue weighted by molar-refractivity contribution is 9.10. The summed E-state index contributed by atoms with van der Waals surface area (Å²) in [7, 11) is 0. The van der Waals surface area contributed by atoms with E-state index in [1.54, 1.807) is 19.9 Å². The van der Waals surface area contributed by atoms with Crippen LogP contribution in [0.4, 0.5) is 10.5 Å². The van der Waals surface area contributed by atoms with Crippen molar-refractivity contribution in [2.45, 2.75) is 20.0 Å². The van der Waals surface area contributed by atoms with Gasteiger partial charge in [0, 0.05) is 10.2 Å². The smallest absolute Gasteiger partial charge is 0.341 e. The number of carbonyl (C=O) groups is 3. The molecular formula is C13H16BrN3O4. The van der Waals surface area contributed by atoms with Gasteiger partial charge in [0.2, 0.25) is 0 Å². The molecule has 0 aliphatic rings. The standard InChI is InChI=1S/C13H16BrN3O4/c1-6(2)10(11(18)17-13(16)20)21-12(19)8-5-7(14)3-4-9(8)15/h3-6,10H,15H2,1-2H3,(H3,16,17,18,20)/t10-/m1/s1. The van der Waals surface area contributed by atoms with E-state index in [-0.39, 0.29) is 17.2 Å². The second-order valence-electron chi connectivity index (χ2n) is 4.66. The molecule has 7 nitrogen and oxygen atoms in total. The number of urea groups is 1. The number of imide groups is 1. The Bertz CT molecular complexity index is 575. The van der Waals surface area contributed by atoms with Crippen LogP contribution in [0.5, 0.6) is 0 Å². The SMILES string of the molecule is CC(C)[C@@H](OC(=O)c1cc(Br)ccc1N)C(=O)NC(N)=O. The molecule has 0 saturated carbocycles. The van der Waals surface area contributed by atoms with Gasteiger partial charge in [0.15, 0.2) is 6.10 Å². The minimum absolute atomic E-state index is 0.127. The van der Waals surface area contributed by atoms with E-state index in [4.69, 9.17) is 16.2 Å². The number of anilines is 1. The topological polar surface area (TPSA) is 125 Å². The van der Waals surface area contributed by atoms with Crippen molar-refractivity contribution in [2.24, 2.45) is 11.7 Å². The number of hydrogen-bond acceptors (Lipinski definition) is 5. The van der Waals surface area contributed by atoms with Crippen LogP contribution in [0.2, 0.25) is 0 Å². The summed E-state index contributed by atoms with van der Waals surface area (Å²) in [5, 5.41) is 1.89. The molecule has 0 radical (unpaired) electrons. The Morgan fingerprint density at radius 1 is 1.29 bits per heavy atom. The van der Waals surface area contributed by atoms with Gasteiger partial charge in [0.05, 0.1) is 5.56 Å². The van der Waals surface area contributed by atoms with Gasteiger partial charge in [-0.2, -0.15) is 0 Å². The Kier molecular flexibility index (Phi) is 5.71. The summed E-state index contributed by atoms with van der Waals surface area (Å²) in [5.74, 6) is -1.88. The van der Waals surface area contributed by atoms with Crippen molar-refractivity contribution in [1.82, 2.24) is 5.32 Å². The fourth-order valence-electron chi connectivity index (χ4n) is 1.57. The average molecular weight is 358 g/mol. The van der Waals surface area contributed by atoms with Crippen LogP contribution < -0.4 is 16.8 Å². The number of carbonyl (C=O) groups excluding carboxylic acids is 3. The zero-order valence-corrected chi connectivity index (χ0v) is 13.1. The third-order valence-corrected chi connectivity index (χ3v) is 3.07. The number of nitrogens with one attached hydrogen (secondary N) is 1. The first-order valence-electron chi connectivity index (χ1n) is 6.08. The number of hydrogen-bond donors (Lipinski definition) is 3. The summed E-state index contributed by atoms with van der Waals surface area (Å²) < 4.78 is 5.78. The van der Waals surface area contributed by atoms with Gasteiger partial charge in [-0.25, -0.2) is 9.59 Å². The molecule has 114 valence electrons. The Hall–Kier alpha value is -2.09. The number of esters is 1. The average Bonchev–Trinajstić information content (AvgIpc) is 2.37. The number of amides is 3. The quantitative estimate of drug-likeness (QED) is 0.554. The molecule has 8 heteroatoms. The monoisotopic (exact) mass is 357 g/mol. The van der Waals surface area contributed by atoms with Crippen LogP contribution in [0.25, 0.3) is 0 Å². The number of benzene rings is 1. The molecule has 0 spiro atoms. The molecule has 0 bridgehead atoms. The molecule has 0 aromatic heterocycles. The molecule has 0 aliphatic heterocycles. The van der Waals surface area contributed by atoms with Gasteiger partial charge < -0.3 is 16.2 Å². The van der Waals surface area contributed by atoms with Crippen LogP contribution in [0.15, 0.2) is 22.7 Å². The molecule has 0 saturated heterocycles. The van der Waals surface area contributed by atoms with Crippen molar-refractivity contribution >= 4 is 39.5 Å². The third-order valence-electron chi connectivity index (χ3n) is 2.58. The molecule has 0 aliphatic carbocycles. The van der Waals surface area contributed by atoms with Crippen LogP contribution in [0.1, 0.15) is 24.2 Å². The molecule has 0 heterocycles. The fraction of sp³-hybridized carbons (Fsp3) is 0.308. The number of halogens is 1. The van der Waals surface area contributed by atoms with Crippen molar-refractivity contribution in [2.75, 3.05) is 5.73 Å². The van der Waals surface area contributed by atoms with E-state index >= 15 is 0 Å². The van der Waals surface area contributed by atoms with Crippen molar-refractivity contribution in [1.29, 1.82) is 0 Å². The Balaban J connectivity index is 2.93. The lowest BCUT2D eigenvalue weighted by molar-refractivity contribution is -0.130. The summed E-state index contributed by atoms with van der Waals surface area (Å²) in [5.41, 5.74) is 10.9. The largest absolute Gasteiger partial charge is 0.448 e. The van der Waals surface area contributed by atoms with Crippen LogP contribution in [0, 0.1) is 5.92 Å². The van der Waals surface area contributed by atoms with E-state index in [1.165, 1.54) is 12.1 Å². The van der Waals surface area contributed by atoms with Crippen LogP contribution in [-0.2, 0) is 9.53 Å². The van der Waals surface area contributed by atoms with Crippen LogP contribution >= 0.6 is 15.9 Å². The lowest BCUT2D eigenvalue weighted by Gasteiger charge is -2.20. The fourth-order valence-corrected chi connectivity index (χ4v) is 1.93. The maximum atomic E-state index is 12.1. The molecule has 1 rings (SSSR count). The molecule has 1 atom stereocenters. The number of nitrogen functional groups attached to an aromatic ring is 1. The Morgan fingerprint density at radius 3 is 2.43 bits per heavy atom. The van der Waals surface area contributed by atoms with E-state index in [0.717, 1.165) is 0 Å². The summed E-state index contributed by atoms with van der Waals surface area (Å²) in [6.07, 6.45) is -1.15. The summed E-state index contributed by atoms with van der Waals surface area (Å²) >= 11 is 3.22. The first kappa shape index (κ1) is 17.0. The number of ether oxygens (including phenoxy) is 1. The maximum absolute atomic E-state index is 12.1. The van der Waals surface area contributed by atoms with Crippen LogP contribution in [-0.4, -0.2) is 24.0 Å². The van der Waals surface area contributed by atoms with Gasteiger partial charge in [-0.1, -0.05) is 29.8 Å². The highest BCUT2D eigenvalue weighted by Crippen LogP contribution is 2.20. The molecule has 0 unspecified atom stereocenters. The van der Waals surface area contributed by atoms with E-state index in [2.05, 4.69) is 15.9 Å². The van der Waals surface area contributed by atoms with Gasteiger partial charge in [-0.15, -0.1) is 0 Å². The molecular weight excluding hydrogens is 342 g/mol. The predicted molar refractivity (Wildman–Crippen MR) is 80.3 cm³/mol. The number of rotatable bonds is 4. The zero-order valence-electron chi connectivity index (χ0n) is 11.6. The lowest BCUT2D eigenvalue weighted by Crippen LogP contribution is -2.45. The van der Waals surface area contributed by atoms with Crippen molar-refractivity contribution in [3.05, 3.63) is 28.2 Å². The highest BCUT2D eigenvalue weighted by atomic mass is 79.9. The third kappa shape index (κ3) is 4.75. The van der Waals surface area contributed by atoms with Gasteiger partial charge >= 0.3 is 12.0 Å². The predicted octanol–water partition coefficient (Wildman–Crippen LogP) is 1.41. The Labute approximate surface area is 130 Å². The van der Waals surface area contributed by atoms with Crippen molar-refractivity contribution in [3.8, 4) is 0 Å². The number of nitrogens with two attached hydrogens (primary N) is 2. The summed E-state index contributed by atoms with van der Waals surface area (Å²) in [6, 6.07) is 3.69. The van der Waals surface area contributed by atoms with Gasteiger partial charge in [0.1, 0.15) is 0 Å². The second-order valence-corrected chi connectivity index (χ2v) is 5.57. The summed E-state index contributed by atoms with van der Waals surface area (Å²) in [6.45, 7) is 3.34. The van der Waals surface area contributed by atoms with Crippen molar-refractivity contribution in [3.63, 3.8) is 0 Å². The van der Waals surface area contributed by atoms with E-state index < -0.39 is 24.0 Å². The van der Waals surface area contributed by atoms with Gasteiger partial charge in [0.25, 0.3) is 5.91 Å². The van der Waals surface area contributed by atoms with Crippen molar-refractivity contribution < 1.29 is 19.1 Å². The molecule has 5 N–H and O–H groups in total. The lowest BCUT2D eigenvalue weighted by atomic mass is 10.1. The zero-order chi connectivity index (χ0) is 16.2. The maximum Gasteiger partial charge on any atom is 0.341 e. The van der Waals surface area contributed by atoms with Gasteiger partial charge in [-0.05, 0) is 24.1 Å². The molecule has 1 aromatic rings. The van der Waals surface area contributed by atoms with E-state index in [9.17, 15) is 14.4 Å². The highest BCUT2D eigenvalue weighted by Gasteiger charge is 2.28. The molecule has 21 heavy (non-hydrogen) atoms. The first-order valence-corrected chi connectivity index (χ1v) is 6.88. The van der Waals surface area contributed by atoms with E-state index in [0.29, 0.717) is 4.47 Å². The minimum Gasteiger partial charge on any atom is -0.448 e. The second kappa shape index (κ2) is 7.07. The molecule has 0 fully saturated rings. The minimum atomic E-state index is -1.15. The Morgan fingerprint density at radius 2 is 1.90 bits per heavy atom. The number of primary amides is 1. The molecule has 3 amide bonds. The van der Waals surface area contributed by atoms with Gasteiger partial charge in [-0.3, -0.25) is 10.1 Å². The van der Waals surface area contributed by atoms with E-state index in [1.807, 2.05) is 5.32 Å².